The summed E-state index contributed by atoms with van der Waals surface area (Å²) in [5, 5.41) is 9.87. The minimum atomic E-state index is -5.26. The van der Waals surface area contributed by atoms with Gasteiger partial charge in [-0.15, -0.1) is 0 Å². The molecule has 142 valence electrons. The van der Waals surface area contributed by atoms with Crippen LogP contribution < -0.4 is 10.6 Å². The van der Waals surface area contributed by atoms with Crippen LogP contribution in [0.3, 0.4) is 0 Å². The Balaban J connectivity index is 1.91. The van der Waals surface area contributed by atoms with Crippen LogP contribution >= 0.6 is 0 Å². The first-order chi connectivity index (χ1) is 11.7. The highest BCUT2D eigenvalue weighted by molar-refractivity contribution is 7.90. The number of hydrogen-bond acceptors (Lipinski definition) is 5. The van der Waals surface area contributed by atoms with Gasteiger partial charge in [0.1, 0.15) is 12.0 Å². The third kappa shape index (κ3) is 5.08. The van der Waals surface area contributed by atoms with Gasteiger partial charge in [-0.3, -0.25) is 0 Å². The van der Waals surface area contributed by atoms with E-state index in [0.29, 0.717) is 22.5 Å². The van der Waals surface area contributed by atoms with E-state index in [9.17, 15) is 21.6 Å². The smallest absolute Gasteiger partial charge is 0.364 e. The van der Waals surface area contributed by atoms with Gasteiger partial charge < -0.3 is 15.2 Å². The molecule has 12 heteroatoms. The molecule has 2 N–H and O–H groups in total. The van der Waals surface area contributed by atoms with E-state index < -0.39 is 15.5 Å². The van der Waals surface area contributed by atoms with E-state index >= 15 is 0 Å². The molecule has 0 aliphatic carbocycles. The van der Waals surface area contributed by atoms with Crippen LogP contribution in [0.25, 0.3) is 0 Å². The van der Waals surface area contributed by atoms with Crippen LogP contribution in [0.15, 0.2) is 21.8 Å². The summed E-state index contributed by atoms with van der Waals surface area (Å²) in [6, 6.07) is 1.50. The lowest BCUT2D eigenvalue weighted by Crippen LogP contribution is -2.51. The summed E-state index contributed by atoms with van der Waals surface area (Å²) in [6.07, 6.45) is 1.94. The van der Waals surface area contributed by atoms with Gasteiger partial charge in [-0.05, 0) is 19.8 Å². The number of hydrogen-bond donors (Lipinski definition) is 2. The Kier molecular flexibility index (Phi) is 6.27. The molecule has 0 aromatic carbocycles. The number of nitrogens with zero attached hydrogens (tertiary/aromatic N) is 3. The second kappa shape index (κ2) is 8.04. The molecule has 8 nitrogen and oxygen atoms in total. The number of halogens is 3. The maximum Gasteiger partial charge on any atom is 0.511 e. The molecular formula is C13H20F3N5O3S. The number of rotatable bonds is 5. The van der Waals surface area contributed by atoms with Crippen LogP contribution in [0.5, 0.6) is 0 Å². The number of aliphatic imine (C=N–C) groups is 1. The fourth-order valence-electron chi connectivity index (χ4n) is 2.38. The van der Waals surface area contributed by atoms with Crippen molar-refractivity contribution in [3.05, 3.63) is 18.0 Å². The average molecular weight is 383 g/mol. The van der Waals surface area contributed by atoms with E-state index in [2.05, 4.69) is 20.8 Å². The third-order valence-electron chi connectivity index (χ3n) is 3.66. The van der Waals surface area contributed by atoms with Crippen molar-refractivity contribution >= 4 is 16.0 Å². The number of alkyl halides is 3. The van der Waals surface area contributed by atoms with Crippen LogP contribution in [-0.2, 0) is 16.6 Å². The number of nitrogens with one attached hydrogen (secondary N) is 2. The third-order valence-corrected chi connectivity index (χ3v) is 5.29. The molecular weight excluding hydrogens is 363 g/mol. The molecule has 1 aliphatic rings. The van der Waals surface area contributed by atoms with Crippen molar-refractivity contribution in [2.75, 3.05) is 19.6 Å². The molecule has 0 atom stereocenters. The number of guanidine groups is 1. The molecule has 1 fully saturated rings. The van der Waals surface area contributed by atoms with Crippen LogP contribution in [-0.4, -0.2) is 55.0 Å². The monoisotopic (exact) mass is 383 g/mol. The Morgan fingerprint density at radius 3 is 2.64 bits per heavy atom. The summed E-state index contributed by atoms with van der Waals surface area (Å²) < 4.78 is 65.7. The van der Waals surface area contributed by atoms with Gasteiger partial charge in [0.2, 0.25) is 0 Å². The molecule has 0 saturated carbocycles. The lowest BCUT2D eigenvalue weighted by atomic mass is 10.1. The van der Waals surface area contributed by atoms with E-state index in [1.54, 1.807) is 6.07 Å². The maximum atomic E-state index is 12.6. The zero-order valence-electron chi connectivity index (χ0n) is 13.6. The van der Waals surface area contributed by atoms with Gasteiger partial charge in [0.15, 0.2) is 5.96 Å². The van der Waals surface area contributed by atoms with Crippen molar-refractivity contribution < 1.29 is 26.1 Å². The van der Waals surface area contributed by atoms with E-state index in [-0.39, 0.29) is 38.5 Å². The van der Waals surface area contributed by atoms with Gasteiger partial charge in [0, 0.05) is 31.7 Å². The minimum absolute atomic E-state index is 0.171. The van der Waals surface area contributed by atoms with Crippen molar-refractivity contribution in [2.45, 2.75) is 37.9 Å². The van der Waals surface area contributed by atoms with Crippen LogP contribution in [0, 0.1) is 0 Å². The maximum absolute atomic E-state index is 12.6. The SMILES string of the molecule is CCNC(=NCc1ccon1)NC1CCN(S(=O)(=O)C(F)(F)F)CC1. The Morgan fingerprint density at radius 2 is 2.12 bits per heavy atom. The van der Waals surface area contributed by atoms with Crippen molar-refractivity contribution in [3.8, 4) is 0 Å². The second-order valence-corrected chi connectivity index (χ2v) is 7.38. The molecule has 0 spiro atoms. The Bertz CT molecular complexity index is 668. The molecule has 0 bridgehead atoms. The standard InChI is InChI=1S/C13H20F3N5O3S/c1-2-17-12(18-9-11-5-8-24-20-11)19-10-3-6-21(7-4-10)25(22,23)13(14,15)16/h5,8,10H,2-4,6-7,9H2,1H3,(H2,17,18,19). The van der Waals surface area contributed by atoms with Gasteiger partial charge in [-0.2, -0.15) is 17.5 Å². The Morgan fingerprint density at radius 1 is 1.44 bits per heavy atom. The zero-order valence-corrected chi connectivity index (χ0v) is 14.4. The number of sulfonamides is 1. The van der Waals surface area contributed by atoms with Crippen molar-refractivity contribution in [2.24, 2.45) is 4.99 Å². The van der Waals surface area contributed by atoms with Gasteiger partial charge in [0.05, 0.1) is 6.54 Å². The highest BCUT2D eigenvalue weighted by Gasteiger charge is 2.50. The second-order valence-electron chi connectivity index (χ2n) is 5.45. The average Bonchev–Trinajstić information content (AvgIpc) is 3.06. The summed E-state index contributed by atoms with van der Waals surface area (Å²) in [7, 11) is -5.26. The predicted octanol–water partition coefficient (Wildman–Crippen LogP) is 1.04. The quantitative estimate of drug-likeness (QED) is 0.582. The van der Waals surface area contributed by atoms with Crippen LogP contribution in [0.4, 0.5) is 13.2 Å². The van der Waals surface area contributed by atoms with Crippen LogP contribution in [0.1, 0.15) is 25.5 Å². The van der Waals surface area contributed by atoms with Gasteiger partial charge in [-0.25, -0.2) is 13.4 Å². The molecule has 1 saturated heterocycles. The summed E-state index contributed by atoms with van der Waals surface area (Å²) in [4.78, 5) is 4.32. The summed E-state index contributed by atoms with van der Waals surface area (Å²) in [6.45, 7) is 2.38. The number of aromatic nitrogens is 1. The molecule has 0 unspecified atom stereocenters. The highest BCUT2D eigenvalue weighted by Crippen LogP contribution is 2.28. The summed E-state index contributed by atoms with van der Waals surface area (Å²) >= 11 is 0. The van der Waals surface area contributed by atoms with Crippen molar-refractivity contribution in [1.29, 1.82) is 0 Å². The molecule has 0 amide bonds. The topological polar surface area (TPSA) is 99.8 Å². The minimum Gasteiger partial charge on any atom is -0.364 e. The van der Waals surface area contributed by atoms with Gasteiger partial charge in [0.25, 0.3) is 0 Å². The lowest BCUT2D eigenvalue weighted by Gasteiger charge is -2.32. The molecule has 25 heavy (non-hydrogen) atoms. The highest BCUT2D eigenvalue weighted by atomic mass is 32.2. The van der Waals surface area contributed by atoms with Crippen molar-refractivity contribution in [1.82, 2.24) is 20.1 Å². The fraction of sp³-hybridized carbons (Fsp3) is 0.692. The predicted molar refractivity (Wildman–Crippen MR) is 84.0 cm³/mol. The first-order valence-corrected chi connectivity index (χ1v) is 9.18. The molecule has 2 heterocycles. The fourth-order valence-corrected chi connectivity index (χ4v) is 3.36. The lowest BCUT2D eigenvalue weighted by molar-refractivity contribution is -0.0494. The molecule has 1 aromatic rings. The normalized spacial score (nSPS) is 18.3. The van der Waals surface area contributed by atoms with Crippen LogP contribution in [0.2, 0.25) is 0 Å². The zero-order chi connectivity index (χ0) is 18.5. The first-order valence-electron chi connectivity index (χ1n) is 7.74. The summed E-state index contributed by atoms with van der Waals surface area (Å²) in [5.74, 6) is 0.489. The van der Waals surface area contributed by atoms with E-state index in [0.717, 1.165) is 0 Å². The molecule has 1 aliphatic heterocycles. The first kappa shape index (κ1) is 19.5. The van der Waals surface area contributed by atoms with E-state index in [1.165, 1.54) is 6.26 Å². The van der Waals surface area contributed by atoms with Gasteiger partial charge >= 0.3 is 15.5 Å². The molecule has 0 radical (unpaired) electrons. The van der Waals surface area contributed by atoms with E-state index in [1.807, 2.05) is 6.92 Å². The number of piperidine rings is 1. The largest absolute Gasteiger partial charge is 0.511 e. The Labute approximate surface area is 143 Å². The van der Waals surface area contributed by atoms with Crippen molar-refractivity contribution in [3.63, 3.8) is 0 Å². The van der Waals surface area contributed by atoms with Gasteiger partial charge in [-0.1, -0.05) is 5.16 Å². The summed E-state index contributed by atoms with van der Waals surface area (Å²) in [5.41, 5.74) is -4.62. The van der Waals surface area contributed by atoms with E-state index in [4.69, 9.17) is 4.52 Å². The Hall–Kier alpha value is -1.82. The molecule has 2 rings (SSSR count). The molecule has 1 aromatic heterocycles.